The number of carbonyl (C=O) groups is 1. The standard InChI is InChI=1S/C16H22O2/c1-2-3-4-9-14-10-12-7-5-6-8-13(12)11-15(14)16(17)18/h10-11H,2-9H2,1H3,(H,17,18). The smallest absolute Gasteiger partial charge is 0.335 e. The highest BCUT2D eigenvalue weighted by Gasteiger charge is 2.16. The first-order valence-corrected chi connectivity index (χ1v) is 7.10. The molecule has 18 heavy (non-hydrogen) atoms. The summed E-state index contributed by atoms with van der Waals surface area (Å²) in [6.07, 6.45) is 8.96. The van der Waals surface area contributed by atoms with Crippen molar-refractivity contribution in [2.75, 3.05) is 0 Å². The highest BCUT2D eigenvalue weighted by atomic mass is 16.4. The molecule has 0 bridgehead atoms. The zero-order valence-corrected chi connectivity index (χ0v) is 11.2. The molecular weight excluding hydrogens is 224 g/mol. The van der Waals surface area contributed by atoms with Crippen LogP contribution in [0, 0.1) is 0 Å². The van der Waals surface area contributed by atoms with E-state index in [0.717, 1.165) is 31.2 Å². The number of aryl methyl sites for hydroxylation is 3. The summed E-state index contributed by atoms with van der Waals surface area (Å²) in [6.45, 7) is 2.17. The third-order valence-corrected chi connectivity index (χ3v) is 3.85. The van der Waals surface area contributed by atoms with Crippen molar-refractivity contribution in [3.8, 4) is 0 Å². The summed E-state index contributed by atoms with van der Waals surface area (Å²) in [5.41, 5.74) is 4.22. The molecule has 98 valence electrons. The molecule has 0 spiro atoms. The SMILES string of the molecule is CCCCCc1cc2c(cc1C(=O)O)CCCC2. The largest absolute Gasteiger partial charge is 0.478 e. The predicted octanol–water partition coefficient (Wildman–Crippen LogP) is 4.00. The van der Waals surface area contributed by atoms with Crippen molar-refractivity contribution in [2.45, 2.75) is 58.3 Å². The molecule has 0 saturated carbocycles. The molecule has 1 aromatic rings. The van der Waals surface area contributed by atoms with Gasteiger partial charge in [-0.1, -0.05) is 25.8 Å². The Labute approximate surface area is 109 Å². The van der Waals surface area contributed by atoms with Gasteiger partial charge in [-0.05, 0) is 61.3 Å². The Hall–Kier alpha value is -1.31. The molecule has 2 nitrogen and oxygen atoms in total. The minimum Gasteiger partial charge on any atom is -0.478 e. The summed E-state index contributed by atoms with van der Waals surface area (Å²) < 4.78 is 0. The van der Waals surface area contributed by atoms with Gasteiger partial charge in [0.05, 0.1) is 5.56 Å². The number of carboxylic acid groups (broad SMARTS) is 1. The Morgan fingerprint density at radius 1 is 1.17 bits per heavy atom. The lowest BCUT2D eigenvalue weighted by Crippen LogP contribution is -2.09. The van der Waals surface area contributed by atoms with Gasteiger partial charge in [-0.3, -0.25) is 0 Å². The molecule has 0 atom stereocenters. The molecule has 2 rings (SSSR count). The third-order valence-electron chi connectivity index (χ3n) is 3.85. The van der Waals surface area contributed by atoms with E-state index in [2.05, 4.69) is 13.0 Å². The van der Waals surface area contributed by atoms with Crippen LogP contribution in [0.5, 0.6) is 0 Å². The fourth-order valence-corrected chi connectivity index (χ4v) is 2.81. The fourth-order valence-electron chi connectivity index (χ4n) is 2.81. The first-order valence-electron chi connectivity index (χ1n) is 7.10. The second-order valence-electron chi connectivity index (χ2n) is 5.25. The molecule has 0 saturated heterocycles. The van der Waals surface area contributed by atoms with Crippen LogP contribution in [0.3, 0.4) is 0 Å². The zero-order chi connectivity index (χ0) is 13.0. The Morgan fingerprint density at radius 2 is 1.83 bits per heavy atom. The van der Waals surface area contributed by atoms with Crippen LogP contribution in [0.1, 0.15) is 66.1 Å². The summed E-state index contributed by atoms with van der Waals surface area (Å²) >= 11 is 0. The Balaban J connectivity index is 2.27. The number of carboxylic acids is 1. The van der Waals surface area contributed by atoms with Gasteiger partial charge in [-0.25, -0.2) is 4.79 Å². The van der Waals surface area contributed by atoms with Gasteiger partial charge in [0.25, 0.3) is 0 Å². The number of aromatic carboxylic acids is 1. The van der Waals surface area contributed by atoms with E-state index in [0.29, 0.717) is 5.56 Å². The van der Waals surface area contributed by atoms with Crippen molar-refractivity contribution < 1.29 is 9.90 Å². The molecular formula is C16H22O2. The van der Waals surface area contributed by atoms with Gasteiger partial charge in [-0.15, -0.1) is 0 Å². The van der Waals surface area contributed by atoms with Gasteiger partial charge in [0.15, 0.2) is 0 Å². The molecule has 0 unspecified atom stereocenters. The molecule has 2 heteroatoms. The van der Waals surface area contributed by atoms with E-state index in [-0.39, 0.29) is 0 Å². The van der Waals surface area contributed by atoms with Crippen molar-refractivity contribution in [3.63, 3.8) is 0 Å². The fraction of sp³-hybridized carbons (Fsp3) is 0.562. The van der Waals surface area contributed by atoms with Crippen LogP contribution in [0.15, 0.2) is 12.1 Å². The molecule has 1 aliphatic rings. The summed E-state index contributed by atoms with van der Waals surface area (Å²) in [7, 11) is 0. The number of rotatable bonds is 5. The topological polar surface area (TPSA) is 37.3 Å². The Morgan fingerprint density at radius 3 is 2.44 bits per heavy atom. The van der Waals surface area contributed by atoms with Gasteiger partial charge in [0.1, 0.15) is 0 Å². The number of fused-ring (bicyclic) bond motifs is 1. The summed E-state index contributed by atoms with van der Waals surface area (Å²) in [5, 5.41) is 9.32. The van der Waals surface area contributed by atoms with Gasteiger partial charge in [0.2, 0.25) is 0 Å². The van der Waals surface area contributed by atoms with Gasteiger partial charge >= 0.3 is 5.97 Å². The van der Waals surface area contributed by atoms with E-state index >= 15 is 0 Å². The van der Waals surface area contributed by atoms with Gasteiger partial charge in [0, 0.05) is 0 Å². The highest BCUT2D eigenvalue weighted by molar-refractivity contribution is 5.89. The van der Waals surface area contributed by atoms with E-state index in [9.17, 15) is 9.90 Å². The highest BCUT2D eigenvalue weighted by Crippen LogP contribution is 2.26. The van der Waals surface area contributed by atoms with Crippen molar-refractivity contribution in [1.82, 2.24) is 0 Å². The lowest BCUT2D eigenvalue weighted by Gasteiger charge is -2.18. The van der Waals surface area contributed by atoms with Crippen molar-refractivity contribution in [2.24, 2.45) is 0 Å². The van der Waals surface area contributed by atoms with Crippen LogP contribution in [0.25, 0.3) is 0 Å². The molecule has 1 aliphatic carbocycles. The molecule has 0 fully saturated rings. The van der Waals surface area contributed by atoms with Crippen molar-refractivity contribution >= 4 is 5.97 Å². The molecule has 1 N–H and O–H groups in total. The van der Waals surface area contributed by atoms with E-state index < -0.39 is 5.97 Å². The van der Waals surface area contributed by atoms with Crippen LogP contribution in [0.2, 0.25) is 0 Å². The number of hydrogen-bond acceptors (Lipinski definition) is 1. The second kappa shape index (κ2) is 6.03. The maximum atomic E-state index is 11.3. The van der Waals surface area contributed by atoms with Crippen LogP contribution in [-0.4, -0.2) is 11.1 Å². The number of benzene rings is 1. The molecule has 0 heterocycles. The van der Waals surface area contributed by atoms with Crippen LogP contribution < -0.4 is 0 Å². The lowest BCUT2D eigenvalue weighted by atomic mass is 9.87. The van der Waals surface area contributed by atoms with E-state index in [1.165, 1.54) is 36.8 Å². The summed E-state index contributed by atoms with van der Waals surface area (Å²) in [6, 6.07) is 4.09. The summed E-state index contributed by atoms with van der Waals surface area (Å²) in [5.74, 6) is -0.769. The van der Waals surface area contributed by atoms with Crippen LogP contribution in [-0.2, 0) is 19.3 Å². The minimum absolute atomic E-state index is 0.534. The Bertz CT molecular complexity index is 435. The number of unbranched alkanes of at least 4 members (excludes halogenated alkanes) is 2. The molecule has 0 radical (unpaired) electrons. The molecule has 0 amide bonds. The average Bonchev–Trinajstić information content (AvgIpc) is 2.38. The quantitative estimate of drug-likeness (QED) is 0.797. The minimum atomic E-state index is -0.769. The van der Waals surface area contributed by atoms with E-state index in [1.807, 2.05) is 6.07 Å². The molecule has 1 aromatic carbocycles. The average molecular weight is 246 g/mol. The Kier molecular flexibility index (Phi) is 4.40. The zero-order valence-electron chi connectivity index (χ0n) is 11.2. The number of hydrogen-bond donors (Lipinski definition) is 1. The predicted molar refractivity (Wildman–Crippen MR) is 73.3 cm³/mol. The molecule has 0 aliphatic heterocycles. The maximum absolute atomic E-state index is 11.3. The lowest BCUT2D eigenvalue weighted by molar-refractivity contribution is 0.0695. The maximum Gasteiger partial charge on any atom is 0.335 e. The summed E-state index contributed by atoms with van der Waals surface area (Å²) in [4.78, 5) is 11.3. The normalized spacial score (nSPS) is 14.3. The molecule has 0 aromatic heterocycles. The van der Waals surface area contributed by atoms with Crippen LogP contribution >= 0.6 is 0 Å². The third kappa shape index (κ3) is 2.92. The van der Waals surface area contributed by atoms with Crippen molar-refractivity contribution in [1.29, 1.82) is 0 Å². The van der Waals surface area contributed by atoms with Crippen LogP contribution in [0.4, 0.5) is 0 Å². The second-order valence-corrected chi connectivity index (χ2v) is 5.25. The van der Waals surface area contributed by atoms with Crippen molar-refractivity contribution in [3.05, 3.63) is 34.4 Å². The van der Waals surface area contributed by atoms with E-state index in [4.69, 9.17) is 0 Å². The van der Waals surface area contributed by atoms with E-state index in [1.54, 1.807) is 0 Å². The monoisotopic (exact) mass is 246 g/mol. The van der Waals surface area contributed by atoms with Gasteiger partial charge in [-0.2, -0.15) is 0 Å². The van der Waals surface area contributed by atoms with Gasteiger partial charge < -0.3 is 5.11 Å². The first kappa shape index (κ1) is 13.1. The first-order chi connectivity index (χ1) is 8.72.